The third kappa shape index (κ3) is 4.37. The number of benzene rings is 1. The van der Waals surface area contributed by atoms with Crippen LogP contribution in [0.4, 0.5) is 0 Å². The van der Waals surface area contributed by atoms with E-state index >= 15 is 0 Å². The molecule has 0 radical (unpaired) electrons. The Morgan fingerprint density at radius 3 is 2.63 bits per heavy atom. The molecule has 0 fully saturated rings. The van der Waals surface area contributed by atoms with Crippen LogP contribution in [0.15, 0.2) is 18.2 Å². The molecule has 1 atom stereocenters. The van der Waals surface area contributed by atoms with Gasteiger partial charge in [-0.05, 0) is 31.0 Å². The lowest BCUT2D eigenvalue weighted by atomic mass is 10.0. The number of carboxylic acid groups (broad SMARTS) is 1. The van der Waals surface area contributed by atoms with Gasteiger partial charge >= 0.3 is 5.97 Å². The van der Waals surface area contributed by atoms with Gasteiger partial charge in [-0.25, -0.2) is 0 Å². The van der Waals surface area contributed by atoms with Crippen LogP contribution in [-0.2, 0) is 9.53 Å². The van der Waals surface area contributed by atoms with Crippen molar-refractivity contribution in [1.29, 1.82) is 0 Å². The minimum atomic E-state index is -0.951. The van der Waals surface area contributed by atoms with Gasteiger partial charge in [-0.2, -0.15) is 0 Å². The molecule has 19 heavy (non-hydrogen) atoms. The maximum atomic E-state index is 12.0. The average molecular weight is 265 g/mol. The second-order valence-corrected chi connectivity index (χ2v) is 4.41. The van der Waals surface area contributed by atoms with Gasteiger partial charge in [-0.1, -0.05) is 12.1 Å². The maximum Gasteiger partial charge on any atom is 0.306 e. The number of ether oxygens (including phenoxy) is 1. The predicted octanol–water partition coefficient (Wildman–Crippen LogP) is 1.52. The van der Waals surface area contributed by atoms with Crippen LogP contribution in [0.1, 0.15) is 27.9 Å². The molecule has 0 aliphatic heterocycles. The molecule has 1 aromatic rings. The Labute approximate surface area is 112 Å². The first-order valence-corrected chi connectivity index (χ1v) is 6.04. The van der Waals surface area contributed by atoms with Gasteiger partial charge < -0.3 is 15.2 Å². The number of carbonyl (C=O) groups is 2. The molecule has 0 aliphatic rings. The molecule has 1 rings (SSSR count). The number of hydrogen-bond donors (Lipinski definition) is 2. The summed E-state index contributed by atoms with van der Waals surface area (Å²) >= 11 is 0. The van der Waals surface area contributed by atoms with Crippen molar-refractivity contribution in [3.63, 3.8) is 0 Å². The molecule has 5 nitrogen and oxygen atoms in total. The van der Waals surface area contributed by atoms with Crippen molar-refractivity contribution in [2.45, 2.75) is 26.4 Å². The second-order valence-electron chi connectivity index (χ2n) is 4.41. The van der Waals surface area contributed by atoms with Crippen molar-refractivity contribution >= 4 is 11.9 Å². The van der Waals surface area contributed by atoms with Crippen LogP contribution in [0.2, 0.25) is 0 Å². The van der Waals surface area contributed by atoms with E-state index in [1.165, 1.54) is 7.11 Å². The third-order valence-corrected chi connectivity index (χ3v) is 3.08. The van der Waals surface area contributed by atoms with E-state index in [1.54, 1.807) is 6.07 Å². The van der Waals surface area contributed by atoms with Gasteiger partial charge in [-0.15, -0.1) is 0 Å². The summed E-state index contributed by atoms with van der Waals surface area (Å²) in [6.45, 7) is 4.00. The lowest BCUT2D eigenvalue weighted by Crippen LogP contribution is -2.34. The summed E-state index contributed by atoms with van der Waals surface area (Å²) in [4.78, 5) is 22.6. The SMILES string of the molecule is COC(CNC(=O)c1cccc(C)c1C)CC(=O)O. The number of aliphatic carboxylic acids is 1. The number of nitrogens with one attached hydrogen (secondary N) is 1. The summed E-state index contributed by atoms with van der Waals surface area (Å²) in [6.07, 6.45) is -0.657. The van der Waals surface area contributed by atoms with Crippen LogP contribution < -0.4 is 5.32 Å². The Morgan fingerprint density at radius 1 is 1.37 bits per heavy atom. The number of rotatable bonds is 6. The Hall–Kier alpha value is -1.88. The van der Waals surface area contributed by atoms with Gasteiger partial charge in [0.15, 0.2) is 0 Å². The normalized spacial score (nSPS) is 11.9. The first-order valence-electron chi connectivity index (χ1n) is 6.04. The van der Waals surface area contributed by atoms with Crippen molar-refractivity contribution in [3.8, 4) is 0 Å². The summed E-state index contributed by atoms with van der Waals surface area (Å²) in [7, 11) is 1.43. The number of carboxylic acids is 1. The van der Waals surface area contributed by atoms with Crippen molar-refractivity contribution in [1.82, 2.24) is 5.32 Å². The van der Waals surface area contributed by atoms with E-state index in [0.29, 0.717) is 5.56 Å². The third-order valence-electron chi connectivity index (χ3n) is 3.08. The van der Waals surface area contributed by atoms with Crippen molar-refractivity contribution in [3.05, 3.63) is 34.9 Å². The second kappa shape index (κ2) is 6.89. The lowest BCUT2D eigenvalue weighted by Gasteiger charge is -2.15. The number of aryl methyl sites for hydroxylation is 1. The van der Waals surface area contributed by atoms with E-state index in [4.69, 9.17) is 9.84 Å². The summed E-state index contributed by atoms with van der Waals surface area (Å²) in [5.41, 5.74) is 2.57. The first kappa shape index (κ1) is 15.2. The fourth-order valence-corrected chi connectivity index (χ4v) is 1.73. The molecule has 1 amide bonds. The zero-order valence-electron chi connectivity index (χ0n) is 11.4. The average Bonchev–Trinajstić information content (AvgIpc) is 2.37. The van der Waals surface area contributed by atoms with Crippen molar-refractivity contribution < 1.29 is 19.4 Å². The lowest BCUT2D eigenvalue weighted by molar-refractivity contribution is -0.139. The molecule has 0 bridgehead atoms. The summed E-state index contributed by atoms with van der Waals surface area (Å²) in [5.74, 6) is -1.17. The Morgan fingerprint density at radius 2 is 2.05 bits per heavy atom. The van der Waals surface area contributed by atoms with Crippen molar-refractivity contribution in [2.24, 2.45) is 0 Å². The smallest absolute Gasteiger partial charge is 0.306 e. The highest BCUT2D eigenvalue weighted by Gasteiger charge is 2.15. The van der Waals surface area contributed by atoms with Crippen LogP contribution in [-0.4, -0.2) is 36.7 Å². The zero-order chi connectivity index (χ0) is 14.4. The molecule has 0 aliphatic carbocycles. The highest BCUT2D eigenvalue weighted by atomic mass is 16.5. The highest BCUT2D eigenvalue weighted by Crippen LogP contribution is 2.12. The van der Waals surface area contributed by atoms with Crippen LogP contribution >= 0.6 is 0 Å². The number of amides is 1. The van der Waals surface area contributed by atoms with Crippen LogP contribution in [0.25, 0.3) is 0 Å². The fourth-order valence-electron chi connectivity index (χ4n) is 1.73. The quantitative estimate of drug-likeness (QED) is 0.817. The molecule has 1 unspecified atom stereocenters. The van der Waals surface area contributed by atoms with Crippen LogP contribution in [0.3, 0.4) is 0 Å². The molecule has 5 heteroatoms. The Balaban J connectivity index is 2.64. The first-order chi connectivity index (χ1) is 8.95. The van der Waals surface area contributed by atoms with Crippen molar-refractivity contribution in [2.75, 3.05) is 13.7 Å². The number of methoxy groups -OCH3 is 1. The molecule has 0 saturated heterocycles. The highest BCUT2D eigenvalue weighted by molar-refractivity contribution is 5.95. The molecule has 1 aromatic carbocycles. The van der Waals surface area contributed by atoms with Gasteiger partial charge in [-0.3, -0.25) is 9.59 Å². The molecule has 0 heterocycles. The molecule has 0 saturated carbocycles. The predicted molar refractivity (Wildman–Crippen MR) is 71.3 cm³/mol. The molecule has 104 valence electrons. The summed E-state index contributed by atoms with van der Waals surface area (Å²) < 4.78 is 5.01. The minimum absolute atomic E-state index is 0.135. The van der Waals surface area contributed by atoms with E-state index in [2.05, 4.69) is 5.32 Å². The van der Waals surface area contributed by atoms with Gasteiger partial charge in [0, 0.05) is 19.2 Å². The topological polar surface area (TPSA) is 75.6 Å². The monoisotopic (exact) mass is 265 g/mol. The van der Waals surface area contributed by atoms with Gasteiger partial charge in [0.2, 0.25) is 0 Å². The maximum absolute atomic E-state index is 12.0. The molecule has 0 spiro atoms. The molecular formula is C14H19NO4. The largest absolute Gasteiger partial charge is 0.481 e. The standard InChI is InChI=1S/C14H19NO4/c1-9-5-4-6-12(10(9)2)14(18)15-8-11(19-3)7-13(16)17/h4-6,11H,7-8H2,1-3H3,(H,15,18)(H,16,17). The fraction of sp³-hybridized carbons (Fsp3) is 0.429. The zero-order valence-corrected chi connectivity index (χ0v) is 11.4. The minimum Gasteiger partial charge on any atom is -0.481 e. The van der Waals surface area contributed by atoms with E-state index in [1.807, 2.05) is 26.0 Å². The number of carbonyl (C=O) groups excluding carboxylic acids is 1. The summed E-state index contributed by atoms with van der Waals surface area (Å²) in [5, 5.41) is 11.4. The van der Waals surface area contributed by atoms with E-state index in [9.17, 15) is 9.59 Å². The van der Waals surface area contributed by atoms with Gasteiger partial charge in [0.25, 0.3) is 5.91 Å². The van der Waals surface area contributed by atoms with Crippen LogP contribution in [0.5, 0.6) is 0 Å². The molecule has 0 aromatic heterocycles. The van der Waals surface area contributed by atoms with Gasteiger partial charge in [0.1, 0.15) is 0 Å². The Kier molecular flexibility index (Phi) is 5.51. The molecule has 2 N–H and O–H groups in total. The summed E-state index contributed by atoms with van der Waals surface area (Å²) in [6, 6.07) is 5.51. The van der Waals surface area contributed by atoms with E-state index in [0.717, 1.165) is 11.1 Å². The Bertz CT molecular complexity index is 471. The van der Waals surface area contributed by atoms with E-state index in [-0.39, 0.29) is 18.9 Å². The van der Waals surface area contributed by atoms with Crippen LogP contribution in [0, 0.1) is 13.8 Å². The molecular weight excluding hydrogens is 246 g/mol. The van der Waals surface area contributed by atoms with E-state index < -0.39 is 12.1 Å². The van der Waals surface area contributed by atoms with Gasteiger partial charge in [0.05, 0.1) is 12.5 Å². The number of hydrogen-bond acceptors (Lipinski definition) is 3.